The number of aliphatic imine (C=N–C) groups is 1. The van der Waals surface area contributed by atoms with Crippen molar-refractivity contribution in [2.24, 2.45) is 12.0 Å². The third-order valence-corrected chi connectivity index (χ3v) is 5.01. The molecule has 7 heteroatoms. The largest absolute Gasteiger partial charge is 0.356 e. The van der Waals surface area contributed by atoms with E-state index in [9.17, 15) is 0 Å². The van der Waals surface area contributed by atoms with Gasteiger partial charge in [-0.25, -0.2) is 4.98 Å². The molecule has 0 saturated heterocycles. The molecule has 144 valence electrons. The SMILES string of the molecule is CN=C(NCCCn1c(C)nc2ccccc21)NCc1c(C)nn(C)c1C. The lowest BCUT2D eigenvalue weighted by Crippen LogP contribution is -2.37. The normalized spacial score (nSPS) is 12.0. The van der Waals surface area contributed by atoms with Crippen molar-refractivity contribution in [1.82, 2.24) is 30.0 Å². The summed E-state index contributed by atoms with van der Waals surface area (Å²) in [6.45, 7) is 8.68. The summed E-state index contributed by atoms with van der Waals surface area (Å²) in [5.41, 5.74) is 5.71. The highest BCUT2D eigenvalue weighted by atomic mass is 15.3. The van der Waals surface area contributed by atoms with E-state index in [-0.39, 0.29) is 0 Å². The van der Waals surface area contributed by atoms with E-state index >= 15 is 0 Å². The Morgan fingerprint density at radius 1 is 1.15 bits per heavy atom. The smallest absolute Gasteiger partial charge is 0.191 e. The monoisotopic (exact) mass is 367 g/mol. The maximum Gasteiger partial charge on any atom is 0.191 e. The molecule has 3 aromatic rings. The Morgan fingerprint density at radius 3 is 2.63 bits per heavy atom. The Labute approximate surface area is 160 Å². The van der Waals surface area contributed by atoms with E-state index < -0.39 is 0 Å². The van der Waals surface area contributed by atoms with Crippen LogP contribution < -0.4 is 10.6 Å². The van der Waals surface area contributed by atoms with Gasteiger partial charge in [-0.3, -0.25) is 9.67 Å². The van der Waals surface area contributed by atoms with E-state index in [1.165, 1.54) is 16.8 Å². The fourth-order valence-electron chi connectivity index (χ4n) is 3.39. The molecule has 7 nitrogen and oxygen atoms in total. The van der Waals surface area contributed by atoms with Crippen molar-refractivity contribution in [2.45, 2.75) is 40.3 Å². The molecule has 1 aromatic carbocycles. The summed E-state index contributed by atoms with van der Waals surface area (Å²) in [6, 6.07) is 8.28. The van der Waals surface area contributed by atoms with Gasteiger partial charge in [0.15, 0.2) is 5.96 Å². The molecule has 0 fully saturated rings. The Hall–Kier alpha value is -2.83. The second-order valence-corrected chi connectivity index (χ2v) is 6.78. The van der Waals surface area contributed by atoms with Crippen LogP contribution in [0.1, 0.15) is 29.2 Å². The molecule has 0 saturated carbocycles. The van der Waals surface area contributed by atoms with E-state index in [0.717, 1.165) is 49.0 Å². The van der Waals surface area contributed by atoms with Crippen molar-refractivity contribution >= 4 is 17.0 Å². The Kier molecular flexibility index (Phi) is 5.78. The van der Waals surface area contributed by atoms with Gasteiger partial charge in [-0.05, 0) is 39.3 Å². The Balaban J connectivity index is 1.51. The van der Waals surface area contributed by atoms with Crippen LogP contribution >= 0.6 is 0 Å². The number of nitrogens with zero attached hydrogens (tertiary/aromatic N) is 5. The van der Waals surface area contributed by atoms with E-state index in [2.05, 4.69) is 62.3 Å². The van der Waals surface area contributed by atoms with Crippen molar-refractivity contribution in [3.8, 4) is 0 Å². The average Bonchev–Trinajstić information content (AvgIpc) is 3.10. The Morgan fingerprint density at radius 2 is 1.93 bits per heavy atom. The standard InChI is InChI=1S/C20H29N7/c1-14-17(15(2)26(5)25-14)13-23-20(21-4)22-11-8-12-27-16(3)24-18-9-6-7-10-19(18)27/h6-7,9-10H,8,11-13H2,1-5H3,(H2,21,22,23). The van der Waals surface area contributed by atoms with Crippen LogP contribution in [0.5, 0.6) is 0 Å². The van der Waals surface area contributed by atoms with Crippen molar-refractivity contribution in [1.29, 1.82) is 0 Å². The van der Waals surface area contributed by atoms with Gasteiger partial charge in [-0.15, -0.1) is 0 Å². The fraction of sp³-hybridized carbons (Fsp3) is 0.450. The first kappa shape index (κ1) is 18.9. The van der Waals surface area contributed by atoms with Crippen molar-refractivity contribution in [3.63, 3.8) is 0 Å². The summed E-state index contributed by atoms with van der Waals surface area (Å²) < 4.78 is 4.19. The molecule has 0 aliphatic heterocycles. The molecule has 2 N–H and O–H groups in total. The van der Waals surface area contributed by atoms with Gasteiger partial charge in [0.05, 0.1) is 16.7 Å². The zero-order valence-corrected chi connectivity index (χ0v) is 16.9. The quantitative estimate of drug-likeness (QED) is 0.399. The summed E-state index contributed by atoms with van der Waals surface area (Å²) in [7, 11) is 3.77. The first-order valence-electron chi connectivity index (χ1n) is 9.36. The number of fused-ring (bicyclic) bond motifs is 1. The van der Waals surface area contributed by atoms with E-state index in [1.807, 2.05) is 24.7 Å². The molecule has 0 radical (unpaired) electrons. The summed E-state index contributed by atoms with van der Waals surface area (Å²) in [6.07, 6.45) is 0.993. The number of benzene rings is 1. The molecule has 0 spiro atoms. The third-order valence-electron chi connectivity index (χ3n) is 5.01. The molecule has 0 aliphatic carbocycles. The van der Waals surface area contributed by atoms with Crippen LogP contribution in [-0.2, 0) is 20.1 Å². The molecule has 3 rings (SSSR count). The predicted molar refractivity (Wildman–Crippen MR) is 110 cm³/mol. The minimum Gasteiger partial charge on any atom is -0.356 e. The zero-order chi connectivity index (χ0) is 19.4. The number of hydrogen-bond donors (Lipinski definition) is 2. The van der Waals surface area contributed by atoms with Crippen LogP contribution in [0.3, 0.4) is 0 Å². The first-order valence-corrected chi connectivity index (χ1v) is 9.36. The van der Waals surface area contributed by atoms with Crippen LogP contribution in [0.4, 0.5) is 0 Å². The number of nitrogens with one attached hydrogen (secondary N) is 2. The highest BCUT2D eigenvalue weighted by Gasteiger charge is 2.10. The maximum atomic E-state index is 4.62. The molecule has 0 aliphatic rings. The second kappa shape index (κ2) is 8.24. The number of aromatic nitrogens is 4. The maximum absolute atomic E-state index is 4.62. The van der Waals surface area contributed by atoms with Crippen LogP contribution in [0.25, 0.3) is 11.0 Å². The predicted octanol–water partition coefficient (Wildman–Crippen LogP) is 2.45. The molecule has 27 heavy (non-hydrogen) atoms. The van der Waals surface area contributed by atoms with Crippen molar-refractivity contribution < 1.29 is 0 Å². The van der Waals surface area contributed by atoms with Crippen molar-refractivity contribution in [2.75, 3.05) is 13.6 Å². The minimum atomic E-state index is 0.719. The molecular weight excluding hydrogens is 338 g/mol. The first-order chi connectivity index (χ1) is 13.0. The number of hydrogen-bond acceptors (Lipinski definition) is 3. The number of para-hydroxylation sites is 2. The van der Waals surface area contributed by atoms with Crippen molar-refractivity contribution in [3.05, 3.63) is 47.0 Å². The highest BCUT2D eigenvalue weighted by molar-refractivity contribution is 5.79. The van der Waals surface area contributed by atoms with Gasteiger partial charge in [-0.1, -0.05) is 12.1 Å². The molecule has 0 amide bonds. The van der Waals surface area contributed by atoms with E-state index in [1.54, 1.807) is 7.05 Å². The average molecular weight is 368 g/mol. The molecule has 0 unspecified atom stereocenters. The lowest BCUT2D eigenvalue weighted by Gasteiger charge is -2.13. The number of guanidine groups is 1. The highest BCUT2D eigenvalue weighted by Crippen LogP contribution is 2.15. The molecule has 0 bridgehead atoms. The zero-order valence-electron chi connectivity index (χ0n) is 16.9. The summed E-state index contributed by atoms with van der Waals surface area (Å²) in [5.74, 6) is 1.87. The van der Waals surface area contributed by atoms with E-state index in [0.29, 0.717) is 0 Å². The third kappa shape index (κ3) is 4.13. The summed E-state index contributed by atoms with van der Waals surface area (Å²) >= 11 is 0. The van der Waals surface area contributed by atoms with Crippen LogP contribution in [-0.4, -0.2) is 38.9 Å². The minimum absolute atomic E-state index is 0.719. The lowest BCUT2D eigenvalue weighted by atomic mass is 10.2. The lowest BCUT2D eigenvalue weighted by molar-refractivity contribution is 0.624. The number of imidazole rings is 1. The molecule has 0 atom stereocenters. The summed E-state index contributed by atoms with van der Waals surface area (Å²) in [4.78, 5) is 8.94. The van der Waals surface area contributed by atoms with Gasteiger partial charge in [-0.2, -0.15) is 5.10 Å². The van der Waals surface area contributed by atoms with Crippen LogP contribution in [0.2, 0.25) is 0 Å². The van der Waals surface area contributed by atoms with Gasteiger partial charge >= 0.3 is 0 Å². The number of aryl methyl sites for hydroxylation is 4. The Bertz CT molecular complexity index is 949. The topological polar surface area (TPSA) is 72.1 Å². The van der Waals surface area contributed by atoms with Gasteiger partial charge in [0, 0.05) is 45.0 Å². The molecule has 2 aromatic heterocycles. The van der Waals surface area contributed by atoms with Gasteiger partial charge in [0.2, 0.25) is 0 Å². The molecule has 2 heterocycles. The molecular formula is C20H29N7. The summed E-state index contributed by atoms with van der Waals surface area (Å²) in [5, 5.41) is 11.2. The van der Waals surface area contributed by atoms with Gasteiger partial charge < -0.3 is 15.2 Å². The fourth-order valence-corrected chi connectivity index (χ4v) is 3.39. The van der Waals surface area contributed by atoms with Gasteiger partial charge in [0.25, 0.3) is 0 Å². The second-order valence-electron chi connectivity index (χ2n) is 6.78. The van der Waals surface area contributed by atoms with Gasteiger partial charge in [0.1, 0.15) is 5.82 Å². The van der Waals surface area contributed by atoms with Crippen LogP contribution in [0.15, 0.2) is 29.3 Å². The van der Waals surface area contributed by atoms with E-state index in [4.69, 9.17) is 0 Å². The number of rotatable bonds is 6. The van der Waals surface area contributed by atoms with Crippen LogP contribution in [0, 0.1) is 20.8 Å².